The number of hydrogen-bond acceptors (Lipinski definition) is 3. The SMILES string of the molecule is NS(=O)(=O)c1ccc([C@H]2C[C@@H]2CNc2ccc(F)cc2)cc1. The van der Waals surface area contributed by atoms with E-state index in [9.17, 15) is 12.8 Å². The third-order valence-electron chi connectivity index (χ3n) is 3.97. The summed E-state index contributed by atoms with van der Waals surface area (Å²) in [4.78, 5) is 0.137. The zero-order valence-electron chi connectivity index (χ0n) is 11.9. The van der Waals surface area contributed by atoms with Crippen molar-refractivity contribution in [1.82, 2.24) is 0 Å². The molecule has 0 aromatic heterocycles. The Bertz CT molecular complexity index is 758. The first-order chi connectivity index (χ1) is 10.4. The van der Waals surface area contributed by atoms with Crippen LogP contribution in [0.3, 0.4) is 0 Å². The number of halogens is 1. The van der Waals surface area contributed by atoms with Gasteiger partial charge in [0.15, 0.2) is 0 Å². The van der Waals surface area contributed by atoms with Crippen LogP contribution in [0.1, 0.15) is 17.9 Å². The van der Waals surface area contributed by atoms with Gasteiger partial charge in [-0.05, 0) is 60.2 Å². The molecule has 3 rings (SSSR count). The van der Waals surface area contributed by atoms with Crippen LogP contribution in [0.5, 0.6) is 0 Å². The van der Waals surface area contributed by atoms with Crippen molar-refractivity contribution in [2.24, 2.45) is 11.1 Å². The molecule has 22 heavy (non-hydrogen) atoms. The molecule has 2 aromatic carbocycles. The maximum Gasteiger partial charge on any atom is 0.238 e. The Morgan fingerprint density at radius 1 is 1.09 bits per heavy atom. The number of hydrogen-bond donors (Lipinski definition) is 2. The first-order valence-electron chi connectivity index (χ1n) is 7.06. The van der Waals surface area contributed by atoms with Crippen molar-refractivity contribution in [3.63, 3.8) is 0 Å². The molecule has 1 fully saturated rings. The second-order valence-corrected chi connectivity index (χ2v) is 7.17. The molecule has 1 aliphatic rings. The monoisotopic (exact) mass is 320 g/mol. The average Bonchev–Trinajstić information content (AvgIpc) is 3.26. The Kier molecular flexibility index (Phi) is 3.88. The summed E-state index contributed by atoms with van der Waals surface area (Å²) in [7, 11) is -3.63. The summed E-state index contributed by atoms with van der Waals surface area (Å²) in [5.74, 6) is 0.692. The fourth-order valence-electron chi connectivity index (χ4n) is 2.60. The molecule has 1 aliphatic carbocycles. The van der Waals surface area contributed by atoms with Crippen LogP contribution in [0.15, 0.2) is 53.4 Å². The van der Waals surface area contributed by atoms with Gasteiger partial charge in [-0.25, -0.2) is 17.9 Å². The van der Waals surface area contributed by atoms with Gasteiger partial charge in [-0.3, -0.25) is 0 Å². The molecule has 2 atom stereocenters. The third-order valence-corrected chi connectivity index (χ3v) is 4.90. The summed E-state index contributed by atoms with van der Waals surface area (Å²) in [6, 6.07) is 13.0. The topological polar surface area (TPSA) is 72.2 Å². The van der Waals surface area contributed by atoms with E-state index in [0.717, 1.165) is 24.2 Å². The highest BCUT2D eigenvalue weighted by atomic mass is 32.2. The van der Waals surface area contributed by atoms with Gasteiger partial charge in [0.1, 0.15) is 5.82 Å². The quantitative estimate of drug-likeness (QED) is 0.889. The fraction of sp³-hybridized carbons (Fsp3) is 0.250. The lowest BCUT2D eigenvalue weighted by Crippen LogP contribution is -2.11. The lowest BCUT2D eigenvalue weighted by Gasteiger charge is -2.06. The summed E-state index contributed by atoms with van der Waals surface area (Å²) in [6.45, 7) is 0.813. The normalized spacial score (nSPS) is 20.6. The second kappa shape index (κ2) is 5.70. The summed E-state index contributed by atoms with van der Waals surface area (Å²) in [5.41, 5.74) is 2.02. The summed E-state index contributed by atoms with van der Waals surface area (Å²) in [5, 5.41) is 8.37. The maximum atomic E-state index is 12.8. The molecule has 0 unspecified atom stereocenters. The molecule has 116 valence electrons. The molecular formula is C16H17FN2O2S. The Morgan fingerprint density at radius 2 is 1.73 bits per heavy atom. The number of nitrogens with two attached hydrogens (primary N) is 1. The van der Waals surface area contributed by atoms with E-state index in [1.807, 2.05) is 12.1 Å². The van der Waals surface area contributed by atoms with Gasteiger partial charge in [0.05, 0.1) is 4.90 Å². The van der Waals surface area contributed by atoms with Crippen molar-refractivity contribution >= 4 is 15.7 Å². The predicted octanol–water partition coefficient (Wildman–Crippen LogP) is 2.69. The summed E-state index contributed by atoms with van der Waals surface area (Å²) >= 11 is 0. The minimum atomic E-state index is -3.63. The molecule has 0 bridgehead atoms. The average molecular weight is 320 g/mol. The van der Waals surface area contributed by atoms with Crippen LogP contribution in [0.4, 0.5) is 10.1 Å². The number of nitrogens with one attached hydrogen (secondary N) is 1. The van der Waals surface area contributed by atoms with Crippen molar-refractivity contribution < 1.29 is 12.8 Å². The number of primary sulfonamides is 1. The highest BCUT2D eigenvalue weighted by molar-refractivity contribution is 7.89. The van der Waals surface area contributed by atoms with E-state index in [2.05, 4.69) is 5.32 Å². The van der Waals surface area contributed by atoms with Crippen LogP contribution in [0.25, 0.3) is 0 Å². The molecule has 0 radical (unpaired) electrons. The van der Waals surface area contributed by atoms with Crippen LogP contribution in [-0.4, -0.2) is 15.0 Å². The predicted molar refractivity (Wildman–Crippen MR) is 83.6 cm³/mol. The largest absolute Gasteiger partial charge is 0.385 e. The number of anilines is 1. The zero-order chi connectivity index (χ0) is 15.7. The van der Waals surface area contributed by atoms with E-state index >= 15 is 0 Å². The Labute approximate surface area is 129 Å². The fourth-order valence-corrected chi connectivity index (χ4v) is 3.12. The van der Waals surface area contributed by atoms with Crippen LogP contribution < -0.4 is 10.5 Å². The van der Waals surface area contributed by atoms with Crippen molar-refractivity contribution in [3.05, 3.63) is 59.9 Å². The molecular weight excluding hydrogens is 303 g/mol. The molecule has 1 saturated carbocycles. The Hall–Kier alpha value is -1.92. The van der Waals surface area contributed by atoms with Gasteiger partial charge in [0.25, 0.3) is 0 Å². The maximum absolute atomic E-state index is 12.8. The number of sulfonamides is 1. The summed E-state index contributed by atoms with van der Waals surface area (Å²) < 4.78 is 35.3. The van der Waals surface area contributed by atoms with Crippen molar-refractivity contribution in [2.45, 2.75) is 17.2 Å². The number of rotatable bonds is 5. The van der Waals surface area contributed by atoms with Crippen molar-refractivity contribution in [3.8, 4) is 0 Å². The molecule has 0 saturated heterocycles. The van der Waals surface area contributed by atoms with Gasteiger partial charge in [0.2, 0.25) is 10.0 Å². The van der Waals surface area contributed by atoms with E-state index in [4.69, 9.17) is 5.14 Å². The molecule has 6 heteroatoms. The van der Waals surface area contributed by atoms with E-state index in [1.54, 1.807) is 24.3 Å². The Balaban J connectivity index is 1.57. The summed E-state index contributed by atoms with van der Waals surface area (Å²) in [6.07, 6.45) is 1.06. The molecule has 0 heterocycles. The molecule has 0 amide bonds. The van der Waals surface area contributed by atoms with Crippen molar-refractivity contribution in [1.29, 1.82) is 0 Å². The van der Waals surface area contributed by atoms with E-state index in [1.165, 1.54) is 12.1 Å². The smallest absolute Gasteiger partial charge is 0.238 e. The molecule has 3 N–H and O–H groups in total. The van der Waals surface area contributed by atoms with E-state index in [-0.39, 0.29) is 10.7 Å². The highest BCUT2D eigenvalue weighted by Crippen LogP contribution is 2.47. The van der Waals surface area contributed by atoms with Crippen LogP contribution >= 0.6 is 0 Å². The minimum absolute atomic E-state index is 0.137. The van der Waals surface area contributed by atoms with E-state index in [0.29, 0.717) is 11.8 Å². The highest BCUT2D eigenvalue weighted by Gasteiger charge is 2.37. The first-order valence-corrected chi connectivity index (χ1v) is 8.60. The van der Waals surface area contributed by atoms with Gasteiger partial charge in [-0.1, -0.05) is 12.1 Å². The number of benzene rings is 2. The minimum Gasteiger partial charge on any atom is -0.385 e. The van der Waals surface area contributed by atoms with Crippen LogP contribution in [0, 0.1) is 11.7 Å². The van der Waals surface area contributed by atoms with Gasteiger partial charge in [-0.2, -0.15) is 0 Å². The second-order valence-electron chi connectivity index (χ2n) is 5.60. The van der Waals surface area contributed by atoms with E-state index < -0.39 is 10.0 Å². The molecule has 0 spiro atoms. The van der Waals surface area contributed by atoms with Gasteiger partial charge < -0.3 is 5.32 Å². The lowest BCUT2D eigenvalue weighted by molar-refractivity contribution is 0.597. The molecule has 2 aromatic rings. The van der Waals surface area contributed by atoms with Gasteiger partial charge in [-0.15, -0.1) is 0 Å². The lowest BCUT2D eigenvalue weighted by atomic mass is 10.1. The standard InChI is InChI=1S/C16H17FN2O2S/c17-13-3-5-14(6-4-13)19-10-12-9-16(12)11-1-7-15(8-2-11)22(18,20)21/h1-8,12,16,19H,9-10H2,(H2,18,20,21)/t12-,16-/m1/s1. The van der Waals surface area contributed by atoms with Gasteiger partial charge in [0, 0.05) is 12.2 Å². The van der Waals surface area contributed by atoms with Crippen LogP contribution in [0.2, 0.25) is 0 Å². The molecule has 0 aliphatic heterocycles. The first kappa shape index (κ1) is 15.0. The van der Waals surface area contributed by atoms with Crippen LogP contribution in [-0.2, 0) is 10.0 Å². The van der Waals surface area contributed by atoms with Crippen molar-refractivity contribution in [2.75, 3.05) is 11.9 Å². The third kappa shape index (κ3) is 3.45. The van der Waals surface area contributed by atoms with Gasteiger partial charge >= 0.3 is 0 Å². The molecule has 4 nitrogen and oxygen atoms in total. The Morgan fingerprint density at radius 3 is 2.32 bits per heavy atom. The zero-order valence-corrected chi connectivity index (χ0v) is 12.7.